The molecule has 3 N–H and O–H groups in total. The number of aliphatic carboxylic acids is 1. The van der Waals surface area contributed by atoms with E-state index in [-0.39, 0.29) is 6.42 Å². The molecule has 2 amide bonds. The Bertz CT molecular complexity index is 715. The Morgan fingerprint density at radius 2 is 2.04 bits per heavy atom. The van der Waals surface area contributed by atoms with E-state index in [4.69, 9.17) is 5.11 Å². The van der Waals surface area contributed by atoms with E-state index in [0.29, 0.717) is 23.2 Å². The van der Waals surface area contributed by atoms with Crippen molar-refractivity contribution in [2.24, 2.45) is 5.92 Å². The van der Waals surface area contributed by atoms with Gasteiger partial charge in [-0.15, -0.1) is 10.2 Å². The van der Waals surface area contributed by atoms with Crippen molar-refractivity contribution >= 4 is 34.2 Å². The van der Waals surface area contributed by atoms with Crippen molar-refractivity contribution in [1.29, 1.82) is 0 Å². The van der Waals surface area contributed by atoms with Gasteiger partial charge in [-0.1, -0.05) is 37.3 Å². The molecule has 0 aliphatic carbocycles. The molecule has 0 aliphatic rings. The molecule has 1 heterocycles. The quantitative estimate of drug-likeness (QED) is 0.711. The van der Waals surface area contributed by atoms with Crippen molar-refractivity contribution in [3.05, 3.63) is 34.8 Å². The topological polar surface area (TPSA) is 104 Å². The number of carbonyl (C=O) groups excluding carboxylic acids is 1. The second kappa shape index (κ2) is 8.39. The first kappa shape index (κ1) is 17.9. The molecular formula is C16H20N4O3S. The maximum Gasteiger partial charge on any atom is 0.325 e. The molecule has 7 nitrogen and oxygen atoms in total. The van der Waals surface area contributed by atoms with E-state index in [1.54, 1.807) is 18.2 Å². The molecule has 0 atom stereocenters. The number of nitrogens with one attached hydrogen (secondary N) is 2. The Hall–Kier alpha value is -2.48. The van der Waals surface area contributed by atoms with Gasteiger partial charge in [0, 0.05) is 18.5 Å². The van der Waals surface area contributed by atoms with E-state index in [0.717, 1.165) is 17.0 Å². The molecule has 2 rings (SSSR count). The smallest absolute Gasteiger partial charge is 0.325 e. The molecule has 1 aromatic heterocycles. The van der Waals surface area contributed by atoms with Gasteiger partial charge in [0.1, 0.15) is 5.01 Å². The van der Waals surface area contributed by atoms with Crippen molar-refractivity contribution in [1.82, 2.24) is 10.2 Å². The van der Waals surface area contributed by atoms with Gasteiger partial charge in [0.2, 0.25) is 5.13 Å². The van der Waals surface area contributed by atoms with Gasteiger partial charge in [0.15, 0.2) is 0 Å². The van der Waals surface area contributed by atoms with Crippen LogP contribution >= 0.6 is 11.3 Å². The first-order valence-electron chi connectivity index (χ1n) is 7.63. The highest BCUT2D eigenvalue weighted by molar-refractivity contribution is 7.15. The Labute approximate surface area is 144 Å². The molecule has 0 bridgehead atoms. The number of carboxylic acid groups (broad SMARTS) is 1. The van der Waals surface area contributed by atoms with E-state index < -0.39 is 12.0 Å². The maximum absolute atomic E-state index is 12.0. The van der Waals surface area contributed by atoms with Gasteiger partial charge in [-0.2, -0.15) is 0 Å². The predicted octanol–water partition coefficient (Wildman–Crippen LogP) is 3.40. The zero-order valence-corrected chi connectivity index (χ0v) is 14.4. The van der Waals surface area contributed by atoms with E-state index >= 15 is 0 Å². The van der Waals surface area contributed by atoms with Crippen molar-refractivity contribution in [3.63, 3.8) is 0 Å². The summed E-state index contributed by atoms with van der Waals surface area (Å²) in [5, 5.41) is 23.4. The highest BCUT2D eigenvalue weighted by Gasteiger charge is 2.10. The predicted molar refractivity (Wildman–Crippen MR) is 93.5 cm³/mol. The van der Waals surface area contributed by atoms with E-state index in [1.807, 2.05) is 6.07 Å². The Balaban J connectivity index is 1.91. The van der Waals surface area contributed by atoms with Gasteiger partial charge in [0.05, 0.1) is 0 Å². The van der Waals surface area contributed by atoms with Gasteiger partial charge < -0.3 is 10.4 Å². The lowest BCUT2D eigenvalue weighted by atomic mass is 10.1. The number of rotatable bonds is 7. The largest absolute Gasteiger partial charge is 0.481 e. The number of hydrogen-bond donors (Lipinski definition) is 3. The summed E-state index contributed by atoms with van der Waals surface area (Å²) >= 11 is 1.36. The third kappa shape index (κ3) is 5.96. The van der Waals surface area contributed by atoms with Crippen LogP contribution in [0.4, 0.5) is 15.6 Å². The van der Waals surface area contributed by atoms with Crippen LogP contribution in [-0.4, -0.2) is 27.3 Å². The zero-order valence-electron chi connectivity index (χ0n) is 13.6. The maximum atomic E-state index is 12.0. The van der Waals surface area contributed by atoms with Gasteiger partial charge in [0.25, 0.3) is 0 Å². The van der Waals surface area contributed by atoms with Crippen molar-refractivity contribution < 1.29 is 14.7 Å². The van der Waals surface area contributed by atoms with Crippen LogP contribution in [0.2, 0.25) is 0 Å². The van der Waals surface area contributed by atoms with Crippen LogP contribution in [0.15, 0.2) is 24.3 Å². The van der Waals surface area contributed by atoms with Crippen LogP contribution in [-0.2, 0) is 17.6 Å². The minimum absolute atomic E-state index is 0.0546. The molecule has 1 aromatic carbocycles. The number of benzene rings is 1. The van der Waals surface area contributed by atoms with Crippen LogP contribution in [0.3, 0.4) is 0 Å². The Morgan fingerprint density at radius 3 is 2.75 bits per heavy atom. The minimum atomic E-state index is -0.848. The number of amides is 2. The normalized spacial score (nSPS) is 10.6. The van der Waals surface area contributed by atoms with Crippen molar-refractivity contribution in [2.45, 2.75) is 33.1 Å². The molecule has 0 fully saturated rings. The van der Waals surface area contributed by atoms with E-state index in [1.165, 1.54) is 11.3 Å². The summed E-state index contributed by atoms with van der Waals surface area (Å²) in [5.41, 5.74) is 1.45. The number of aromatic nitrogens is 2. The lowest BCUT2D eigenvalue weighted by Gasteiger charge is -2.07. The van der Waals surface area contributed by atoms with E-state index in [9.17, 15) is 9.59 Å². The number of anilines is 2. The van der Waals surface area contributed by atoms with Crippen molar-refractivity contribution in [3.8, 4) is 0 Å². The fraction of sp³-hybridized carbons (Fsp3) is 0.375. The molecule has 8 heteroatoms. The molecular weight excluding hydrogens is 328 g/mol. The highest BCUT2D eigenvalue weighted by Crippen LogP contribution is 2.19. The molecule has 2 aromatic rings. The summed E-state index contributed by atoms with van der Waals surface area (Å²) in [7, 11) is 0. The molecule has 24 heavy (non-hydrogen) atoms. The number of urea groups is 1. The summed E-state index contributed by atoms with van der Waals surface area (Å²) in [5.74, 6) is -0.368. The summed E-state index contributed by atoms with van der Waals surface area (Å²) in [6.45, 7) is 4.19. The average molecular weight is 348 g/mol. The second-order valence-corrected chi connectivity index (χ2v) is 6.83. The molecule has 0 spiro atoms. The number of carbonyl (C=O) groups is 2. The number of carboxylic acids is 1. The molecule has 0 aliphatic heterocycles. The molecule has 0 saturated carbocycles. The van der Waals surface area contributed by atoms with E-state index in [2.05, 4.69) is 34.7 Å². The number of aryl methyl sites for hydroxylation is 1. The third-order valence-corrected chi connectivity index (χ3v) is 3.94. The highest BCUT2D eigenvalue weighted by atomic mass is 32.1. The molecule has 128 valence electrons. The fourth-order valence-corrected chi connectivity index (χ4v) is 3.00. The first-order chi connectivity index (χ1) is 11.4. The molecule has 0 unspecified atom stereocenters. The van der Waals surface area contributed by atoms with Crippen LogP contribution in [0.5, 0.6) is 0 Å². The van der Waals surface area contributed by atoms with Crippen LogP contribution in [0.25, 0.3) is 0 Å². The standard InChI is InChI=1S/C16H20N4O3S/c1-10(2)8-13-19-20-16(24-13)18-15(23)17-12-5-3-4-11(9-12)6-7-14(21)22/h3-5,9-10H,6-8H2,1-2H3,(H,21,22)(H2,17,18,20,23). The van der Waals surface area contributed by atoms with Gasteiger partial charge >= 0.3 is 12.0 Å². The summed E-state index contributed by atoms with van der Waals surface area (Å²) in [6.07, 6.45) is 1.30. The monoisotopic (exact) mass is 348 g/mol. The average Bonchev–Trinajstić information content (AvgIpc) is 2.91. The first-order valence-corrected chi connectivity index (χ1v) is 8.45. The van der Waals surface area contributed by atoms with Crippen molar-refractivity contribution in [2.75, 3.05) is 10.6 Å². The summed E-state index contributed by atoms with van der Waals surface area (Å²) in [4.78, 5) is 22.6. The summed E-state index contributed by atoms with van der Waals surface area (Å²) in [6, 6.07) is 6.70. The Kier molecular flexibility index (Phi) is 6.25. The summed E-state index contributed by atoms with van der Waals surface area (Å²) < 4.78 is 0. The van der Waals surface area contributed by atoms with Crippen LogP contribution < -0.4 is 10.6 Å². The SMILES string of the molecule is CC(C)Cc1nnc(NC(=O)Nc2cccc(CCC(=O)O)c2)s1. The number of hydrogen-bond acceptors (Lipinski definition) is 5. The second-order valence-electron chi connectivity index (χ2n) is 5.77. The molecule has 0 radical (unpaired) electrons. The Morgan fingerprint density at radius 1 is 1.25 bits per heavy atom. The number of nitrogens with zero attached hydrogens (tertiary/aromatic N) is 2. The minimum Gasteiger partial charge on any atom is -0.481 e. The fourth-order valence-electron chi connectivity index (χ4n) is 2.05. The molecule has 0 saturated heterocycles. The lowest BCUT2D eigenvalue weighted by molar-refractivity contribution is -0.136. The van der Waals surface area contributed by atoms with Crippen LogP contribution in [0.1, 0.15) is 30.8 Å². The van der Waals surface area contributed by atoms with Gasteiger partial charge in [-0.3, -0.25) is 10.1 Å². The van der Waals surface area contributed by atoms with Gasteiger partial charge in [-0.25, -0.2) is 4.79 Å². The van der Waals surface area contributed by atoms with Gasteiger partial charge in [-0.05, 0) is 30.0 Å². The van der Waals surface area contributed by atoms with Crippen LogP contribution in [0, 0.1) is 5.92 Å². The third-order valence-electron chi connectivity index (χ3n) is 3.08. The lowest BCUT2D eigenvalue weighted by Crippen LogP contribution is -2.19. The zero-order chi connectivity index (χ0) is 17.5.